The molecule has 0 saturated heterocycles. The van der Waals surface area contributed by atoms with E-state index in [-0.39, 0.29) is 0 Å². The lowest BCUT2D eigenvalue weighted by Gasteiger charge is -2.05. The molecule has 0 unspecified atom stereocenters. The fourth-order valence-electron chi connectivity index (χ4n) is 2.53. The molecule has 2 N–H and O–H groups in total. The minimum absolute atomic E-state index is 0.505. The summed E-state index contributed by atoms with van der Waals surface area (Å²) in [6.07, 6.45) is 2.03. The molecule has 2 heterocycles. The molecule has 2 aromatic heterocycles. The van der Waals surface area contributed by atoms with E-state index in [1.165, 1.54) is 5.56 Å². The van der Waals surface area contributed by atoms with Gasteiger partial charge in [-0.15, -0.1) is 0 Å². The fraction of sp³-hybridized carbons (Fsp3) is 0.250. The Hall–Kier alpha value is -2.20. The highest BCUT2D eigenvalue weighted by atomic mass is 15.0. The van der Waals surface area contributed by atoms with Gasteiger partial charge in [0.25, 0.3) is 0 Å². The molecular weight excluding hydrogens is 248 g/mol. The summed E-state index contributed by atoms with van der Waals surface area (Å²) in [7, 11) is 1.99. The summed E-state index contributed by atoms with van der Waals surface area (Å²) in [5, 5.41) is 1.07. The van der Waals surface area contributed by atoms with Gasteiger partial charge in [-0.3, -0.25) is 0 Å². The summed E-state index contributed by atoms with van der Waals surface area (Å²) in [6.45, 7) is 4.59. The lowest BCUT2D eigenvalue weighted by atomic mass is 10.1. The van der Waals surface area contributed by atoms with Crippen molar-refractivity contribution in [3.05, 3.63) is 47.3 Å². The van der Waals surface area contributed by atoms with E-state index in [0.29, 0.717) is 6.54 Å². The smallest absolute Gasteiger partial charge is 0.161 e. The Morgan fingerprint density at radius 1 is 1.10 bits per heavy atom. The third-order valence-electron chi connectivity index (χ3n) is 3.61. The zero-order valence-electron chi connectivity index (χ0n) is 12.0. The number of hydrogen-bond acceptors (Lipinski definition) is 3. The zero-order chi connectivity index (χ0) is 14.3. The normalized spacial score (nSPS) is 11.2. The van der Waals surface area contributed by atoms with Crippen LogP contribution >= 0.6 is 0 Å². The summed E-state index contributed by atoms with van der Waals surface area (Å²) >= 11 is 0. The van der Waals surface area contributed by atoms with E-state index in [4.69, 9.17) is 10.7 Å². The average Bonchev–Trinajstić information content (AvgIpc) is 2.77. The number of hydrogen-bond donors (Lipinski definition) is 1. The van der Waals surface area contributed by atoms with Gasteiger partial charge in [-0.1, -0.05) is 29.8 Å². The number of benzene rings is 1. The van der Waals surface area contributed by atoms with E-state index in [9.17, 15) is 0 Å². The quantitative estimate of drug-likeness (QED) is 0.776. The first kappa shape index (κ1) is 12.8. The van der Waals surface area contributed by atoms with E-state index in [1.54, 1.807) is 0 Å². The maximum Gasteiger partial charge on any atom is 0.161 e. The highest BCUT2D eigenvalue weighted by molar-refractivity contribution is 5.84. The molecule has 4 heteroatoms. The molecule has 0 radical (unpaired) electrons. The predicted octanol–water partition coefficient (Wildman–Crippen LogP) is 2.71. The second kappa shape index (κ2) is 4.72. The van der Waals surface area contributed by atoms with Gasteiger partial charge in [0, 0.05) is 30.7 Å². The minimum Gasteiger partial charge on any atom is -0.335 e. The summed E-state index contributed by atoms with van der Waals surface area (Å²) in [5.41, 5.74) is 11.1. The number of aromatic nitrogens is 3. The molecule has 20 heavy (non-hydrogen) atoms. The number of fused-ring (bicyclic) bond motifs is 1. The van der Waals surface area contributed by atoms with Crippen LogP contribution < -0.4 is 5.73 Å². The van der Waals surface area contributed by atoms with Crippen molar-refractivity contribution < 1.29 is 0 Å². The van der Waals surface area contributed by atoms with Crippen LogP contribution in [0.1, 0.15) is 16.8 Å². The van der Waals surface area contributed by atoms with Gasteiger partial charge in [0.05, 0.1) is 5.69 Å². The van der Waals surface area contributed by atoms with Crippen LogP contribution in [-0.4, -0.2) is 14.5 Å². The molecule has 3 rings (SSSR count). The molecule has 102 valence electrons. The summed E-state index contributed by atoms with van der Waals surface area (Å²) in [6, 6.07) is 8.27. The van der Waals surface area contributed by atoms with E-state index in [1.807, 2.05) is 24.7 Å². The van der Waals surface area contributed by atoms with Crippen LogP contribution in [0, 0.1) is 13.8 Å². The highest BCUT2D eigenvalue weighted by Crippen LogP contribution is 2.25. The van der Waals surface area contributed by atoms with Crippen LogP contribution in [0.5, 0.6) is 0 Å². The molecule has 3 aromatic rings. The third-order valence-corrected chi connectivity index (χ3v) is 3.61. The molecule has 4 nitrogen and oxygen atoms in total. The van der Waals surface area contributed by atoms with Crippen LogP contribution in [0.2, 0.25) is 0 Å². The highest BCUT2D eigenvalue weighted by Gasteiger charge is 2.13. The van der Waals surface area contributed by atoms with Crippen molar-refractivity contribution in [2.45, 2.75) is 20.4 Å². The Balaban J connectivity index is 2.24. The Bertz CT molecular complexity index is 769. The van der Waals surface area contributed by atoms with Crippen LogP contribution in [0.3, 0.4) is 0 Å². The first-order valence-electron chi connectivity index (χ1n) is 6.70. The van der Waals surface area contributed by atoms with Gasteiger partial charge in [-0.25, -0.2) is 9.97 Å². The number of nitrogens with zero attached hydrogens (tertiary/aromatic N) is 3. The molecule has 0 saturated carbocycles. The number of rotatable bonds is 2. The second-order valence-corrected chi connectivity index (χ2v) is 5.17. The van der Waals surface area contributed by atoms with Crippen molar-refractivity contribution in [1.29, 1.82) is 0 Å². The maximum atomic E-state index is 5.80. The Morgan fingerprint density at radius 2 is 1.80 bits per heavy atom. The molecule has 0 atom stereocenters. The Kier molecular flexibility index (Phi) is 3.03. The molecule has 0 aliphatic rings. The summed E-state index contributed by atoms with van der Waals surface area (Å²) < 4.78 is 2.02. The molecule has 0 amide bonds. The van der Waals surface area contributed by atoms with Gasteiger partial charge in [0.1, 0.15) is 5.65 Å². The summed E-state index contributed by atoms with van der Waals surface area (Å²) in [5.74, 6) is 0.764. The lowest BCUT2D eigenvalue weighted by Crippen LogP contribution is -1.98. The second-order valence-electron chi connectivity index (χ2n) is 5.17. The number of nitrogens with two attached hydrogens (primary N) is 1. The molecular formula is C16H18N4. The molecule has 0 aliphatic carbocycles. The standard InChI is InChI=1S/C16H18N4/c1-10-4-6-12(7-5-10)15-18-11(2)14-13(8-17)9-20(3)16(14)19-15/h4-7,9H,8,17H2,1-3H3. The topological polar surface area (TPSA) is 56.7 Å². The lowest BCUT2D eigenvalue weighted by molar-refractivity contribution is 0.930. The van der Waals surface area contributed by atoms with Crippen LogP contribution in [-0.2, 0) is 13.6 Å². The third kappa shape index (κ3) is 1.98. The van der Waals surface area contributed by atoms with Crippen molar-refractivity contribution in [2.75, 3.05) is 0 Å². The molecule has 0 fully saturated rings. The zero-order valence-corrected chi connectivity index (χ0v) is 12.0. The van der Waals surface area contributed by atoms with Crippen molar-refractivity contribution in [2.24, 2.45) is 12.8 Å². The molecule has 0 aliphatic heterocycles. The van der Waals surface area contributed by atoms with Crippen molar-refractivity contribution in [1.82, 2.24) is 14.5 Å². The monoisotopic (exact) mass is 266 g/mol. The van der Waals surface area contributed by atoms with Crippen molar-refractivity contribution in [3.8, 4) is 11.4 Å². The average molecular weight is 266 g/mol. The van der Waals surface area contributed by atoms with Gasteiger partial charge < -0.3 is 10.3 Å². The predicted molar refractivity (Wildman–Crippen MR) is 81.3 cm³/mol. The van der Waals surface area contributed by atoms with Crippen LogP contribution in [0.25, 0.3) is 22.4 Å². The van der Waals surface area contributed by atoms with Gasteiger partial charge in [0.15, 0.2) is 5.82 Å². The largest absolute Gasteiger partial charge is 0.335 e. The first-order valence-corrected chi connectivity index (χ1v) is 6.70. The van der Waals surface area contributed by atoms with Crippen molar-refractivity contribution >= 4 is 11.0 Å². The van der Waals surface area contributed by atoms with Gasteiger partial charge in [-0.2, -0.15) is 0 Å². The van der Waals surface area contributed by atoms with Gasteiger partial charge in [0.2, 0.25) is 0 Å². The van der Waals surface area contributed by atoms with E-state index >= 15 is 0 Å². The Morgan fingerprint density at radius 3 is 2.45 bits per heavy atom. The SMILES string of the molecule is Cc1ccc(-c2nc(C)c3c(CN)cn(C)c3n2)cc1. The molecule has 1 aromatic carbocycles. The van der Waals surface area contributed by atoms with Crippen LogP contribution in [0.4, 0.5) is 0 Å². The van der Waals surface area contributed by atoms with Crippen LogP contribution in [0.15, 0.2) is 30.5 Å². The van der Waals surface area contributed by atoms with E-state index < -0.39 is 0 Å². The fourth-order valence-corrected chi connectivity index (χ4v) is 2.53. The first-order chi connectivity index (χ1) is 9.60. The summed E-state index contributed by atoms with van der Waals surface area (Å²) in [4.78, 5) is 9.34. The van der Waals surface area contributed by atoms with E-state index in [2.05, 4.69) is 36.2 Å². The maximum absolute atomic E-state index is 5.80. The van der Waals surface area contributed by atoms with Gasteiger partial charge >= 0.3 is 0 Å². The van der Waals surface area contributed by atoms with Gasteiger partial charge in [-0.05, 0) is 19.4 Å². The minimum atomic E-state index is 0.505. The van der Waals surface area contributed by atoms with E-state index in [0.717, 1.165) is 33.7 Å². The Labute approximate surface area is 118 Å². The number of aryl methyl sites for hydroxylation is 3. The molecule has 0 spiro atoms. The van der Waals surface area contributed by atoms with Crippen molar-refractivity contribution in [3.63, 3.8) is 0 Å². The molecule has 0 bridgehead atoms.